The lowest BCUT2D eigenvalue weighted by Gasteiger charge is -2.23. The first-order valence-electron chi connectivity index (χ1n) is 4.48. The first kappa shape index (κ1) is 10.9. The third kappa shape index (κ3) is 4.38. The van der Waals surface area contributed by atoms with Gasteiger partial charge in [0, 0.05) is 12.1 Å². The maximum Gasteiger partial charge on any atom is 0.0584 e. The van der Waals surface area contributed by atoms with Gasteiger partial charge in [0.1, 0.15) is 0 Å². The van der Waals surface area contributed by atoms with E-state index in [-0.39, 0.29) is 12.6 Å². The first-order chi connectivity index (χ1) is 5.11. The van der Waals surface area contributed by atoms with Crippen molar-refractivity contribution in [2.24, 2.45) is 5.92 Å². The molecule has 2 N–H and O–H groups in total. The van der Waals surface area contributed by atoms with Crippen molar-refractivity contribution in [3.8, 4) is 0 Å². The van der Waals surface area contributed by atoms with Crippen molar-refractivity contribution in [3.63, 3.8) is 0 Å². The molecule has 0 aromatic heterocycles. The van der Waals surface area contributed by atoms with E-state index < -0.39 is 0 Å². The zero-order valence-electron chi connectivity index (χ0n) is 8.09. The van der Waals surface area contributed by atoms with Crippen LogP contribution in [0.2, 0.25) is 0 Å². The zero-order chi connectivity index (χ0) is 8.85. The lowest BCUT2D eigenvalue weighted by molar-refractivity contribution is 0.220. The summed E-state index contributed by atoms with van der Waals surface area (Å²) >= 11 is 0. The quantitative estimate of drug-likeness (QED) is 0.635. The molecule has 0 bridgehead atoms. The topological polar surface area (TPSA) is 32.3 Å². The molecule has 2 atom stereocenters. The Morgan fingerprint density at radius 3 is 2.09 bits per heavy atom. The highest BCUT2D eigenvalue weighted by Crippen LogP contribution is 2.02. The molecule has 2 heteroatoms. The second kappa shape index (κ2) is 5.56. The van der Waals surface area contributed by atoms with E-state index in [1.54, 1.807) is 0 Å². The summed E-state index contributed by atoms with van der Waals surface area (Å²) in [5.74, 6) is 0.635. The summed E-state index contributed by atoms with van der Waals surface area (Å²) in [7, 11) is 0. The molecule has 0 amide bonds. The Bertz CT molecular complexity index is 89.6. The van der Waals surface area contributed by atoms with Crippen LogP contribution in [0, 0.1) is 5.92 Å². The Morgan fingerprint density at radius 2 is 1.82 bits per heavy atom. The van der Waals surface area contributed by atoms with Crippen molar-refractivity contribution in [2.45, 2.75) is 46.2 Å². The van der Waals surface area contributed by atoms with E-state index in [9.17, 15) is 0 Å². The third-order valence-corrected chi connectivity index (χ3v) is 2.21. The van der Waals surface area contributed by atoms with Gasteiger partial charge in [-0.15, -0.1) is 0 Å². The van der Waals surface area contributed by atoms with Crippen molar-refractivity contribution >= 4 is 0 Å². The van der Waals surface area contributed by atoms with Crippen LogP contribution in [0.3, 0.4) is 0 Å². The third-order valence-electron chi connectivity index (χ3n) is 2.21. The van der Waals surface area contributed by atoms with Gasteiger partial charge in [0.2, 0.25) is 0 Å². The monoisotopic (exact) mass is 159 g/mol. The van der Waals surface area contributed by atoms with Gasteiger partial charge in [0.25, 0.3) is 0 Å². The fourth-order valence-corrected chi connectivity index (χ4v) is 0.864. The molecule has 0 aliphatic heterocycles. The van der Waals surface area contributed by atoms with Crippen LogP contribution in [0.4, 0.5) is 0 Å². The molecule has 0 heterocycles. The van der Waals surface area contributed by atoms with Crippen molar-refractivity contribution in [1.82, 2.24) is 5.32 Å². The number of aliphatic hydroxyl groups is 1. The second-order valence-corrected chi connectivity index (χ2v) is 3.49. The van der Waals surface area contributed by atoms with Crippen LogP contribution in [-0.4, -0.2) is 23.8 Å². The van der Waals surface area contributed by atoms with Crippen LogP contribution >= 0.6 is 0 Å². The molecule has 0 saturated carbocycles. The minimum atomic E-state index is 0.244. The molecule has 0 rings (SSSR count). The van der Waals surface area contributed by atoms with Gasteiger partial charge in [0.05, 0.1) is 6.61 Å². The summed E-state index contributed by atoms with van der Waals surface area (Å²) in [6.07, 6.45) is 0.994. The smallest absolute Gasteiger partial charge is 0.0584 e. The Morgan fingerprint density at radius 1 is 1.27 bits per heavy atom. The van der Waals surface area contributed by atoms with Crippen molar-refractivity contribution < 1.29 is 5.11 Å². The fourth-order valence-electron chi connectivity index (χ4n) is 0.864. The number of aliphatic hydroxyl groups excluding tert-OH is 1. The van der Waals surface area contributed by atoms with Crippen molar-refractivity contribution in [2.75, 3.05) is 6.61 Å². The number of hydrogen-bond acceptors (Lipinski definition) is 2. The maximum atomic E-state index is 8.89. The van der Waals surface area contributed by atoms with Crippen LogP contribution in [-0.2, 0) is 0 Å². The Labute approximate surface area is 70.0 Å². The summed E-state index contributed by atoms with van der Waals surface area (Å²) in [4.78, 5) is 0. The largest absolute Gasteiger partial charge is 0.395 e. The van der Waals surface area contributed by atoms with Gasteiger partial charge in [-0.2, -0.15) is 0 Å². The molecule has 0 aromatic rings. The van der Waals surface area contributed by atoms with Gasteiger partial charge in [-0.05, 0) is 19.3 Å². The summed E-state index contributed by atoms with van der Waals surface area (Å²) < 4.78 is 0. The molecule has 0 aliphatic rings. The molecule has 0 fully saturated rings. The SMILES string of the molecule is CC[C@@H](CO)N[C@H](C)C(C)C. The van der Waals surface area contributed by atoms with Gasteiger partial charge < -0.3 is 10.4 Å². The molecule has 0 spiro atoms. The number of hydrogen-bond donors (Lipinski definition) is 2. The zero-order valence-corrected chi connectivity index (χ0v) is 8.09. The lowest BCUT2D eigenvalue weighted by atomic mass is 10.1. The van der Waals surface area contributed by atoms with Gasteiger partial charge in [-0.3, -0.25) is 0 Å². The molecule has 0 unspecified atom stereocenters. The van der Waals surface area contributed by atoms with Crippen molar-refractivity contribution in [3.05, 3.63) is 0 Å². The summed E-state index contributed by atoms with van der Waals surface area (Å²) in [6.45, 7) is 8.85. The summed E-state index contributed by atoms with van der Waals surface area (Å²) in [5.41, 5.74) is 0. The van der Waals surface area contributed by atoms with Crippen LogP contribution < -0.4 is 5.32 Å². The van der Waals surface area contributed by atoms with Crippen molar-refractivity contribution in [1.29, 1.82) is 0 Å². The van der Waals surface area contributed by atoms with E-state index in [1.165, 1.54) is 0 Å². The average molecular weight is 159 g/mol. The molecule has 68 valence electrons. The predicted octanol–water partition coefficient (Wildman–Crippen LogP) is 1.39. The fraction of sp³-hybridized carbons (Fsp3) is 1.00. The van der Waals surface area contributed by atoms with E-state index in [4.69, 9.17) is 5.11 Å². The van der Waals surface area contributed by atoms with E-state index in [0.717, 1.165) is 6.42 Å². The van der Waals surface area contributed by atoms with E-state index >= 15 is 0 Å². The molecular formula is C9H21NO. The normalized spacial score (nSPS) is 16.9. The predicted molar refractivity (Wildman–Crippen MR) is 48.6 cm³/mol. The highest BCUT2D eigenvalue weighted by Gasteiger charge is 2.11. The molecule has 0 aliphatic carbocycles. The van der Waals surface area contributed by atoms with Crippen LogP contribution in [0.1, 0.15) is 34.1 Å². The lowest BCUT2D eigenvalue weighted by Crippen LogP contribution is -2.41. The van der Waals surface area contributed by atoms with Gasteiger partial charge in [-0.25, -0.2) is 0 Å². The highest BCUT2D eigenvalue weighted by atomic mass is 16.3. The first-order valence-corrected chi connectivity index (χ1v) is 4.48. The molecule has 0 aromatic carbocycles. The molecule has 0 radical (unpaired) electrons. The Balaban J connectivity index is 3.62. The van der Waals surface area contributed by atoms with Crippen LogP contribution in [0.25, 0.3) is 0 Å². The molecule has 11 heavy (non-hydrogen) atoms. The molecule has 0 saturated heterocycles. The minimum absolute atomic E-state index is 0.244. The minimum Gasteiger partial charge on any atom is -0.395 e. The van der Waals surface area contributed by atoms with Gasteiger partial charge in [-0.1, -0.05) is 20.8 Å². The van der Waals surface area contributed by atoms with Gasteiger partial charge >= 0.3 is 0 Å². The van der Waals surface area contributed by atoms with E-state index in [0.29, 0.717) is 12.0 Å². The Kier molecular flexibility index (Phi) is 5.51. The van der Waals surface area contributed by atoms with E-state index in [1.807, 2.05) is 0 Å². The Hall–Kier alpha value is -0.0800. The van der Waals surface area contributed by atoms with Gasteiger partial charge in [0.15, 0.2) is 0 Å². The number of rotatable bonds is 5. The highest BCUT2D eigenvalue weighted by molar-refractivity contribution is 4.71. The second-order valence-electron chi connectivity index (χ2n) is 3.49. The molecule has 2 nitrogen and oxygen atoms in total. The maximum absolute atomic E-state index is 8.89. The summed E-state index contributed by atoms with van der Waals surface area (Å²) in [6, 6.07) is 0.763. The average Bonchev–Trinajstić information content (AvgIpc) is 1.99. The standard InChI is InChI=1S/C9H21NO/c1-5-9(6-11)10-8(4)7(2)3/h7-11H,5-6H2,1-4H3/t8-,9+/m1/s1. The van der Waals surface area contributed by atoms with Crippen LogP contribution in [0.15, 0.2) is 0 Å². The molecular weight excluding hydrogens is 138 g/mol. The van der Waals surface area contributed by atoms with Crippen LogP contribution in [0.5, 0.6) is 0 Å². The van der Waals surface area contributed by atoms with E-state index in [2.05, 4.69) is 33.0 Å². The number of nitrogens with one attached hydrogen (secondary N) is 1. The summed E-state index contributed by atoms with van der Waals surface area (Å²) in [5, 5.41) is 12.3.